The number of carbonyl (C=O) groups excluding carboxylic acids is 1. The number of isocyanates is 1. The van der Waals surface area contributed by atoms with Crippen LogP contribution in [0.1, 0.15) is 43.6 Å². The van der Waals surface area contributed by atoms with Crippen LogP contribution in [0.25, 0.3) is 0 Å². The molecule has 0 heterocycles. The number of hydrogen-bond acceptors (Lipinski definition) is 5. The maximum atomic E-state index is 9.62. The predicted molar refractivity (Wildman–Crippen MR) is 77.8 cm³/mol. The molecule has 5 heteroatoms. The third-order valence-corrected chi connectivity index (χ3v) is 1.27. The largest absolute Gasteiger partial charge is 0.377 e. The zero-order chi connectivity index (χ0) is 10.6. The van der Waals surface area contributed by atoms with Gasteiger partial charge in [-0.1, -0.05) is 29.7 Å². The maximum absolute atomic E-state index is 9.62. The molecule has 0 N–H and O–H groups in total. The molecule has 0 amide bonds. The molecule has 0 aromatic rings. The molecule has 0 aromatic heterocycles. The quantitative estimate of drug-likeness (QED) is 0.365. The van der Waals surface area contributed by atoms with Gasteiger partial charge in [0.05, 0.1) is 32.5 Å². The van der Waals surface area contributed by atoms with Crippen LogP contribution >= 0.6 is 0 Å². The Labute approximate surface area is 114 Å². The molecule has 0 radical (unpaired) electrons. The Morgan fingerprint density at radius 2 is 1.44 bits per heavy atom. The van der Waals surface area contributed by atoms with Gasteiger partial charge in [0.2, 0.25) is 6.08 Å². The van der Waals surface area contributed by atoms with Gasteiger partial charge in [0.25, 0.3) is 0 Å². The Bertz CT molecular complexity index is 168. The minimum atomic E-state index is 0. The summed E-state index contributed by atoms with van der Waals surface area (Å²) in [5, 5.41) is 0. The van der Waals surface area contributed by atoms with Crippen LogP contribution in [0.15, 0.2) is 4.99 Å². The molecule has 0 fully saturated rings. The molecule has 0 rings (SSSR count). The van der Waals surface area contributed by atoms with Crippen LogP contribution in [-0.4, -0.2) is 45.3 Å². The van der Waals surface area contributed by atoms with Crippen molar-refractivity contribution in [2.24, 2.45) is 4.99 Å². The minimum Gasteiger partial charge on any atom is -0.377 e. The van der Waals surface area contributed by atoms with Crippen molar-refractivity contribution >= 4 is 6.08 Å². The first kappa shape index (κ1) is 30.4. The van der Waals surface area contributed by atoms with E-state index in [9.17, 15) is 4.79 Å². The summed E-state index contributed by atoms with van der Waals surface area (Å²) in [7, 11) is 0. The highest BCUT2D eigenvalue weighted by Crippen LogP contribution is 1.87. The summed E-state index contributed by atoms with van der Waals surface area (Å²) in [5.41, 5.74) is 0. The predicted octanol–water partition coefficient (Wildman–Crippen LogP) is 3.28. The second-order valence-corrected chi connectivity index (χ2v) is 2.82. The number of hydrogen-bond donors (Lipinski definition) is 0. The van der Waals surface area contributed by atoms with E-state index >= 15 is 0 Å². The fourth-order valence-electron chi connectivity index (χ4n) is 0.699. The lowest BCUT2D eigenvalue weighted by molar-refractivity contribution is -0.000491. The molecule has 0 aromatic carbocycles. The van der Waals surface area contributed by atoms with Crippen LogP contribution in [0.2, 0.25) is 0 Å². The molecule has 0 saturated heterocycles. The third-order valence-electron chi connectivity index (χ3n) is 1.27. The SMILES string of the molecule is C.C.C.C.CC(C)OCCOCCOCN=C=O. The molecule has 114 valence electrons. The Balaban J connectivity index is -0.000000141. The molecule has 18 heavy (non-hydrogen) atoms. The summed E-state index contributed by atoms with van der Waals surface area (Å²) in [6.45, 7) is 6.04. The van der Waals surface area contributed by atoms with E-state index in [2.05, 4.69) is 4.99 Å². The van der Waals surface area contributed by atoms with Gasteiger partial charge < -0.3 is 14.2 Å². The first-order valence-corrected chi connectivity index (χ1v) is 4.58. The van der Waals surface area contributed by atoms with Crippen LogP contribution in [0.5, 0.6) is 0 Å². The minimum absolute atomic E-state index is 0. The Morgan fingerprint density at radius 3 is 1.94 bits per heavy atom. The van der Waals surface area contributed by atoms with E-state index in [-0.39, 0.29) is 42.5 Å². The lowest BCUT2D eigenvalue weighted by Crippen LogP contribution is -2.12. The second kappa shape index (κ2) is 25.2. The molecule has 0 aliphatic heterocycles. The van der Waals surface area contributed by atoms with E-state index in [0.29, 0.717) is 26.4 Å². The van der Waals surface area contributed by atoms with Gasteiger partial charge in [-0.25, -0.2) is 4.79 Å². The topological polar surface area (TPSA) is 57.1 Å². The van der Waals surface area contributed by atoms with Crippen molar-refractivity contribution < 1.29 is 19.0 Å². The molecule has 0 unspecified atom stereocenters. The molecule has 5 nitrogen and oxygen atoms in total. The summed E-state index contributed by atoms with van der Waals surface area (Å²) in [6, 6.07) is 0. The fraction of sp³-hybridized carbons (Fsp3) is 0.923. The first-order chi connectivity index (χ1) is 6.77. The van der Waals surface area contributed by atoms with Gasteiger partial charge in [-0.05, 0) is 13.8 Å². The molecular weight excluding hydrogens is 234 g/mol. The van der Waals surface area contributed by atoms with Crippen molar-refractivity contribution in [2.45, 2.75) is 49.7 Å². The van der Waals surface area contributed by atoms with Crippen LogP contribution in [0.4, 0.5) is 0 Å². The van der Waals surface area contributed by atoms with E-state index in [4.69, 9.17) is 14.2 Å². The molecule has 0 spiro atoms. The number of aliphatic imine (C=N–C) groups is 1. The average molecular weight is 267 g/mol. The van der Waals surface area contributed by atoms with Gasteiger partial charge >= 0.3 is 0 Å². The zero-order valence-corrected chi connectivity index (χ0v) is 8.69. The van der Waals surface area contributed by atoms with Crippen molar-refractivity contribution in [1.82, 2.24) is 0 Å². The van der Waals surface area contributed by atoms with Gasteiger partial charge in [-0.15, -0.1) is 0 Å². The number of ether oxygens (including phenoxy) is 3. The van der Waals surface area contributed by atoms with Crippen molar-refractivity contribution in [3.05, 3.63) is 0 Å². The summed E-state index contributed by atoms with van der Waals surface area (Å²) < 4.78 is 15.3. The summed E-state index contributed by atoms with van der Waals surface area (Å²) in [4.78, 5) is 12.8. The van der Waals surface area contributed by atoms with E-state index in [1.54, 1.807) is 0 Å². The third kappa shape index (κ3) is 29.5. The van der Waals surface area contributed by atoms with E-state index < -0.39 is 0 Å². The Hall–Kier alpha value is -0.740. The van der Waals surface area contributed by atoms with E-state index in [0.717, 1.165) is 0 Å². The molecule has 0 aliphatic rings. The van der Waals surface area contributed by atoms with Crippen molar-refractivity contribution in [1.29, 1.82) is 0 Å². The fourth-order valence-corrected chi connectivity index (χ4v) is 0.699. The molecule has 0 atom stereocenters. The van der Waals surface area contributed by atoms with Crippen LogP contribution in [0.3, 0.4) is 0 Å². The smallest absolute Gasteiger partial charge is 0.237 e. The van der Waals surface area contributed by atoms with Crippen molar-refractivity contribution in [3.63, 3.8) is 0 Å². The normalized spacial score (nSPS) is 7.94. The van der Waals surface area contributed by atoms with Gasteiger partial charge in [-0.2, -0.15) is 4.99 Å². The number of nitrogens with zero attached hydrogens (tertiary/aromatic N) is 1. The highest BCUT2D eigenvalue weighted by Gasteiger charge is 1.93. The van der Waals surface area contributed by atoms with Crippen molar-refractivity contribution in [3.8, 4) is 0 Å². The first-order valence-electron chi connectivity index (χ1n) is 4.58. The van der Waals surface area contributed by atoms with Gasteiger partial charge in [0.1, 0.15) is 6.73 Å². The molecule has 0 bridgehead atoms. The van der Waals surface area contributed by atoms with Crippen LogP contribution in [-0.2, 0) is 19.0 Å². The van der Waals surface area contributed by atoms with Crippen LogP contribution < -0.4 is 0 Å². The zero-order valence-electron chi connectivity index (χ0n) is 8.69. The summed E-state index contributed by atoms with van der Waals surface area (Å²) in [6.07, 6.45) is 1.61. The maximum Gasteiger partial charge on any atom is 0.237 e. The Kier molecular flexibility index (Phi) is 42.5. The molecular formula is C13H33NO4. The molecule has 0 aliphatic carbocycles. The number of rotatable bonds is 9. The van der Waals surface area contributed by atoms with Gasteiger partial charge in [0, 0.05) is 0 Å². The molecule has 0 saturated carbocycles. The average Bonchev–Trinajstić information content (AvgIpc) is 2.15. The van der Waals surface area contributed by atoms with E-state index in [1.165, 1.54) is 6.08 Å². The summed E-state index contributed by atoms with van der Waals surface area (Å²) >= 11 is 0. The lowest BCUT2D eigenvalue weighted by atomic mass is 10.5. The van der Waals surface area contributed by atoms with Crippen molar-refractivity contribution in [2.75, 3.05) is 33.2 Å². The lowest BCUT2D eigenvalue weighted by Gasteiger charge is -2.07. The monoisotopic (exact) mass is 267 g/mol. The summed E-state index contributed by atoms with van der Waals surface area (Å²) in [5.74, 6) is 0. The Morgan fingerprint density at radius 1 is 0.944 bits per heavy atom. The van der Waals surface area contributed by atoms with Crippen LogP contribution in [0, 0.1) is 0 Å². The van der Waals surface area contributed by atoms with E-state index in [1.807, 2.05) is 13.8 Å². The highest BCUT2D eigenvalue weighted by atomic mass is 16.5. The second-order valence-electron chi connectivity index (χ2n) is 2.82. The van der Waals surface area contributed by atoms with Gasteiger partial charge in [0.15, 0.2) is 0 Å². The standard InChI is InChI=1S/C9H17NO4.4CH4/c1-9(2)14-6-5-12-3-4-13-8-10-7-11;;;;/h9H,3-6,8H2,1-2H3;4*1H4. The highest BCUT2D eigenvalue weighted by molar-refractivity contribution is 5.32. The van der Waals surface area contributed by atoms with Gasteiger partial charge in [-0.3, -0.25) is 0 Å².